The van der Waals surface area contributed by atoms with Crippen molar-refractivity contribution in [1.82, 2.24) is 0 Å². The Morgan fingerprint density at radius 1 is 1.57 bits per heavy atom. The Hall–Kier alpha value is -1.35. The second-order valence-corrected chi connectivity index (χ2v) is 6.25. The predicted octanol–water partition coefficient (Wildman–Crippen LogP) is 3.95. The molecule has 0 aromatic rings. The van der Waals surface area contributed by atoms with Gasteiger partial charge in [0.05, 0.1) is 6.10 Å². The minimum atomic E-state index is -1.02. The highest BCUT2D eigenvalue weighted by Crippen LogP contribution is 2.46. The molecule has 1 aliphatic rings. The van der Waals surface area contributed by atoms with Crippen molar-refractivity contribution >= 4 is 5.97 Å². The molecule has 0 aromatic carbocycles. The molecule has 3 nitrogen and oxygen atoms in total. The highest BCUT2D eigenvalue weighted by Gasteiger charge is 2.38. The molecule has 0 bridgehead atoms. The lowest BCUT2D eigenvalue weighted by atomic mass is 9.62. The molecule has 0 saturated carbocycles. The third-order valence-electron chi connectivity index (χ3n) is 4.74. The van der Waals surface area contributed by atoms with Crippen LogP contribution in [0, 0.1) is 17.3 Å². The van der Waals surface area contributed by atoms with Crippen LogP contribution in [0.1, 0.15) is 46.0 Å². The Morgan fingerprint density at radius 3 is 2.81 bits per heavy atom. The first-order valence-corrected chi connectivity index (χ1v) is 7.80. The van der Waals surface area contributed by atoms with Crippen LogP contribution in [0.2, 0.25) is 0 Å². The summed E-state index contributed by atoms with van der Waals surface area (Å²) in [6, 6.07) is 0. The van der Waals surface area contributed by atoms with Crippen LogP contribution in [0.3, 0.4) is 0 Å². The summed E-state index contributed by atoms with van der Waals surface area (Å²) in [6.07, 6.45) is 12.7. The fraction of sp³-hybridized carbons (Fsp3) is 0.611. The van der Waals surface area contributed by atoms with Crippen LogP contribution < -0.4 is 0 Å². The van der Waals surface area contributed by atoms with Gasteiger partial charge in [-0.3, -0.25) is 0 Å². The van der Waals surface area contributed by atoms with E-state index in [0.29, 0.717) is 18.3 Å². The molecule has 0 fully saturated rings. The standard InChI is InChI=1S/C18H28O3/c1-4-11-18(5-2,13-16(19)9-10-17(20)21)15-8-6-7-14(3)12-15/h4,6-7,9-10,14-16,19H,1,5,8,11-13H2,2-3H3,(H,20,21)/b10-9-. The van der Waals surface area contributed by atoms with Crippen LogP contribution in [-0.4, -0.2) is 22.3 Å². The Bertz CT molecular complexity index is 411. The number of carbonyl (C=O) groups is 1. The number of hydrogen-bond donors (Lipinski definition) is 2. The van der Waals surface area contributed by atoms with Crippen LogP contribution in [0.4, 0.5) is 0 Å². The van der Waals surface area contributed by atoms with Crippen molar-refractivity contribution in [1.29, 1.82) is 0 Å². The van der Waals surface area contributed by atoms with E-state index in [9.17, 15) is 9.90 Å². The number of aliphatic hydroxyl groups is 1. The van der Waals surface area contributed by atoms with E-state index < -0.39 is 12.1 Å². The van der Waals surface area contributed by atoms with Crippen molar-refractivity contribution in [2.75, 3.05) is 0 Å². The number of carboxylic acid groups (broad SMARTS) is 1. The van der Waals surface area contributed by atoms with Crippen molar-refractivity contribution in [3.63, 3.8) is 0 Å². The number of carboxylic acids is 1. The Morgan fingerprint density at radius 2 is 2.29 bits per heavy atom. The maximum atomic E-state index is 10.6. The lowest BCUT2D eigenvalue weighted by Gasteiger charge is -2.43. The summed E-state index contributed by atoms with van der Waals surface area (Å²) in [5, 5.41) is 18.9. The van der Waals surface area contributed by atoms with Crippen molar-refractivity contribution in [2.24, 2.45) is 17.3 Å². The average molecular weight is 292 g/mol. The molecule has 0 saturated heterocycles. The topological polar surface area (TPSA) is 57.5 Å². The summed E-state index contributed by atoms with van der Waals surface area (Å²) in [6.45, 7) is 8.25. The molecule has 4 atom stereocenters. The van der Waals surface area contributed by atoms with E-state index >= 15 is 0 Å². The smallest absolute Gasteiger partial charge is 0.328 e. The summed E-state index contributed by atoms with van der Waals surface area (Å²) >= 11 is 0. The Balaban J connectivity index is 2.89. The molecule has 0 aromatic heterocycles. The van der Waals surface area contributed by atoms with Gasteiger partial charge in [-0.25, -0.2) is 4.79 Å². The molecule has 4 unspecified atom stereocenters. The number of hydrogen-bond acceptors (Lipinski definition) is 2. The lowest BCUT2D eigenvalue weighted by Crippen LogP contribution is -2.35. The minimum Gasteiger partial charge on any atom is -0.478 e. The molecule has 0 heterocycles. The van der Waals surface area contributed by atoms with Crippen LogP contribution >= 0.6 is 0 Å². The molecule has 1 aliphatic carbocycles. The van der Waals surface area contributed by atoms with E-state index in [-0.39, 0.29) is 5.41 Å². The van der Waals surface area contributed by atoms with E-state index in [4.69, 9.17) is 5.11 Å². The highest BCUT2D eigenvalue weighted by atomic mass is 16.4. The van der Waals surface area contributed by atoms with Gasteiger partial charge in [-0.15, -0.1) is 6.58 Å². The average Bonchev–Trinajstić information content (AvgIpc) is 2.44. The first-order valence-electron chi connectivity index (χ1n) is 7.80. The Kier molecular flexibility index (Phi) is 6.90. The molecule has 118 valence electrons. The van der Waals surface area contributed by atoms with Gasteiger partial charge in [0.15, 0.2) is 0 Å². The van der Waals surface area contributed by atoms with Crippen LogP contribution in [-0.2, 0) is 4.79 Å². The fourth-order valence-corrected chi connectivity index (χ4v) is 3.56. The first-order chi connectivity index (χ1) is 9.93. The molecular weight excluding hydrogens is 264 g/mol. The van der Waals surface area contributed by atoms with Crippen LogP contribution in [0.5, 0.6) is 0 Å². The van der Waals surface area contributed by atoms with Gasteiger partial charge < -0.3 is 10.2 Å². The van der Waals surface area contributed by atoms with Crippen molar-refractivity contribution in [3.05, 3.63) is 37.0 Å². The zero-order valence-corrected chi connectivity index (χ0v) is 13.2. The molecular formula is C18H28O3. The van der Waals surface area contributed by atoms with Gasteiger partial charge in [0.1, 0.15) is 0 Å². The summed E-state index contributed by atoms with van der Waals surface area (Å²) < 4.78 is 0. The number of aliphatic hydroxyl groups excluding tert-OH is 1. The van der Waals surface area contributed by atoms with Crippen molar-refractivity contribution in [2.45, 2.75) is 52.1 Å². The van der Waals surface area contributed by atoms with E-state index in [0.717, 1.165) is 31.8 Å². The normalized spacial score (nSPS) is 26.4. The maximum Gasteiger partial charge on any atom is 0.328 e. The van der Waals surface area contributed by atoms with Gasteiger partial charge in [-0.1, -0.05) is 32.1 Å². The molecule has 3 heteroatoms. The highest BCUT2D eigenvalue weighted by molar-refractivity contribution is 5.79. The second-order valence-electron chi connectivity index (χ2n) is 6.25. The summed E-state index contributed by atoms with van der Waals surface area (Å²) in [5.74, 6) is 0.0497. The Labute approximate surface area is 128 Å². The van der Waals surface area contributed by atoms with Gasteiger partial charge in [0.25, 0.3) is 0 Å². The van der Waals surface area contributed by atoms with E-state index in [2.05, 4.69) is 32.6 Å². The monoisotopic (exact) mass is 292 g/mol. The number of aliphatic carboxylic acids is 1. The van der Waals surface area contributed by atoms with Crippen molar-refractivity contribution < 1.29 is 15.0 Å². The third kappa shape index (κ3) is 5.16. The third-order valence-corrected chi connectivity index (χ3v) is 4.74. The van der Waals surface area contributed by atoms with Crippen LogP contribution in [0.15, 0.2) is 37.0 Å². The maximum absolute atomic E-state index is 10.6. The van der Waals surface area contributed by atoms with Gasteiger partial charge in [0, 0.05) is 6.08 Å². The number of allylic oxidation sites excluding steroid dienone is 3. The van der Waals surface area contributed by atoms with Gasteiger partial charge in [0.2, 0.25) is 0 Å². The van der Waals surface area contributed by atoms with Gasteiger partial charge in [-0.2, -0.15) is 0 Å². The quantitative estimate of drug-likeness (QED) is 0.526. The lowest BCUT2D eigenvalue weighted by molar-refractivity contribution is -0.131. The van der Waals surface area contributed by atoms with Crippen LogP contribution in [0.25, 0.3) is 0 Å². The summed E-state index contributed by atoms with van der Waals surface area (Å²) in [7, 11) is 0. The molecule has 0 spiro atoms. The van der Waals surface area contributed by atoms with Gasteiger partial charge in [-0.05, 0) is 55.4 Å². The number of rotatable bonds is 8. The van der Waals surface area contributed by atoms with E-state index in [1.165, 1.54) is 6.08 Å². The predicted molar refractivity (Wildman–Crippen MR) is 86.0 cm³/mol. The largest absolute Gasteiger partial charge is 0.478 e. The molecule has 0 amide bonds. The molecule has 0 aliphatic heterocycles. The molecule has 1 rings (SSSR count). The van der Waals surface area contributed by atoms with Gasteiger partial charge >= 0.3 is 5.97 Å². The SMILES string of the molecule is C=CCC(CC)(CC(O)/C=C\C(=O)O)C1CC=CC(C)C1. The summed E-state index contributed by atoms with van der Waals surface area (Å²) in [5.41, 5.74) is -0.0109. The zero-order valence-electron chi connectivity index (χ0n) is 13.2. The van der Waals surface area contributed by atoms with E-state index in [1.807, 2.05) is 6.08 Å². The summed E-state index contributed by atoms with van der Waals surface area (Å²) in [4.78, 5) is 10.6. The molecule has 2 N–H and O–H groups in total. The first kappa shape index (κ1) is 17.7. The van der Waals surface area contributed by atoms with E-state index in [1.54, 1.807) is 0 Å². The minimum absolute atomic E-state index is 0.0109. The zero-order chi connectivity index (χ0) is 15.9. The second kappa shape index (κ2) is 8.18. The van der Waals surface area contributed by atoms with Crippen molar-refractivity contribution in [3.8, 4) is 0 Å². The fourth-order valence-electron chi connectivity index (χ4n) is 3.56. The molecule has 0 radical (unpaired) electrons. The molecule has 21 heavy (non-hydrogen) atoms.